The molecule has 0 bridgehead atoms. The molecule has 1 spiro atoms. The molecule has 0 atom stereocenters. The number of ether oxygens (including phenoxy) is 2. The lowest BCUT2D eigenvalue weighted by atomic mass is 10.0. The molecule has 7 nitrogen and oxygen atoms in total. The fraction of sp³-hybridized carbons (Fsp3) is 0.450. The van der Waals surface area contributed by atoms with Crippen LogP contribution >= 0.6 is 0 Å². The zero-order valence-corrected chi connectivity index (χ0v) is 15.6. The van der Waals surface area contributed by atoms with E-state index >= 15 is 0 Å². The molecule has 1 amide bonds. The molecule has 0 saturated carbocycles. The van der Waals surface area contributed by atoms with Crippen molar-refractivity contribution in [1.82, 2.24) is 14.9 Å². The maximum Gasteiger partial charge on any atom is 0.256 e. The van der Waals surface area contributed by atoms with E-state index in [9.17, 15) is 9.18 Å². The monoisotopic (exact) mass is 386 g/mol. The van der Waals surface area contributed by atoms with Gasteiger partial charge in [0.2, 0.25) is 5.95 Å². The van der Waals surface area contributed by atoms with Crippen LogP contribution in [-0.4, -0.2) is 59.4 Å². The van der Waals surface area contributed by atoms with Gasteiger partial charge < -0.3 is 19.7 Å². The molecule has 0 radical (unpaired) electrons. The van der Waals surface area contributed by atoms with Crippen molar-refractivity contribution >= 4 is 11.9 Å². The summed E-state index contributed by atoms with van der Waals surface area (Å²) in [4.78, 5) is 22.9. The number of halogens is 1. The van der Waals surface area contributed by atoms with Gasteiger partial charge in [0.05, 0.1) is 18.8 Å². The average Bonchev–Trinajstić information content (AvgIpc) is 3.18. The van der Waals surface area contributed by atoms with Gasteiger partial charge in [-0.1, -0.05) is 12.1 Å². The highest BCUT2D eigenvalue weighted by Gasteiger charge is 2.40. The molecule has 2 aliphatic rings. The SMILES string of the molecule is O=C(c1cnc(NCCc2ccc(F)cc2)nc1)N1CCC2(CC1)OCCO2. The number of likely N-dealkylation sites (tertiary alicyclic amines) is 1. The number of piperidine rings is 1. The number of rotatable bonds is 5. The number of nitrogens with zero attached hydrogens (tertiary/aromatic N) is 3. The number of anilines is 1. The Balaban J connectivity index is 1.27. The molecular formula is C20H23FN4O3. The first-order valence-electron chi connectivity index (χ1n) is 9.51. The van der Waals surface area contributed by atoms with Gasteiger partial charge in [0, 0.05) is 44.9 Å². The van der Waals surface area contributed by atoms with E-state index in [-0.39, 0.29) is 11.7 Å². The Morgan fingerprint density at radius 3 is 2.39 bits per heavy atom. The highest BCUT2D eigenvalue weighted by molar-refractivity contribution is 5.93. The molecule has 1 aromatic carbocycles. The third-order valence-electron chi connectivity index (χ3n) is 5.13. The quantitative estimate of drug-likeness (QED) is 0.849. The third kappa shape index (κ3) is 4.28. The lowest BCUT2D eigenvalue weighted by molar-refractivity contribution is -0.181. The van der Waals surface area contributed by atoms with Gasteiger partial charge in [0.25, 0.3) is 5.91 Å². The largest absolute Gasteiger partial charge is 0.354 e. The number of hydrogen-bond acceptors (Lipinski definition) is 6. The number of nitrogens with one attached hydrogen (secondary N) is 1. The van der Waals surface area contributed by atoms with E-state index in [1.807, 2.05) is 0 Å². The number of benzene rings is 1. The summed E-state index contributed by atoms with van der Waals surface area (Å²) in [6.07, 6.45) is 5.18. The van der Waals surface area contributed by atoms with Crippen molar-refractivity contribution < 1.29 is 18.7 Å². The second-order valence-electron chi connectivity index (χ2n) is 7.00. The highest BCUT2D eigenvalue weighted by Crippen LogP contribution is 2.31. The summed E-state index contributed by atoms with van der Waals surface area (Å²) in [6, 6.07) is 6.40. The number of carbonyl (C=O) groups excluding carboxylic acids is 1. The standard InChI is InChI=1S/C20H23FN4O3/c21-17-3-1-15(2-4-17)5-8-22-19-23-13-16(14-24-19)18(26)25-9-6-20(7-10-25)27-11-12-28-20/h1-4,13-14H,5-12H2,(H,22,23,24). The second-order valence-corrected chi connectivity index (χ2v) is 7.00. The molecule has 4 rings (SSSR count). The molecule has 28 heavy (non-hydrogen) atoms. The molecule has 1 N–H and O–H groups in total. The van der Waals surface area contributed by atoms with Gasteiger partial charge in [-0.05, 0) is 24.1 Å². The smallest absolute Gasteiger partial charge is 0.256 e. The lowest BCUT2D eigenvalue weighted by Crippen LogP contribution is -2.47. The summed E-state index contributed by atoms with van der Waals surface area (Å²) >= 11 is 0. The van der Waals surface area contributed by atoms with Gasteiger partial charge in [-0.15, -0.1) is 0 Å². The Kier molecular flexibility index (Phi) is 5.50. The van der Waals surface area contributed by atoms with Gasteiger partial charge in [0.1, 0.15) is 5.82 Å². The summed E-state index contributed by atoms with van der Waals surface area (Å²) in [6.45, 7) is 3.05. The van der Waals surface area contributed by atoms with E-state index < -0.39 is 5.79 Å². The molecule has 8 heteroatoms. The van der Waals surface area contributed by atoms with E-state index in [1.165, 1.54) is 12.1 Å². The minimum atomic E-state index is -0.494. The molecule has 1 aromatic heterocycles. The van der Waals surface area contributed by atoms with E-state index in [4.69, 9.17) is 9.47 Å². The zero-order valence-electron chi connectivity index (χ0n) is 15.6. The highest BCUT2D eigenvalue weighted by atomic mass is 19.1. The Morgan fingerprint density at radius 1 is 1.11 bits per heavy atom. The van der Waals surface area contributed by atoms with E-state index in [1.54, 1.807) is 29.4 Å². The molecule has 2 aromatic rings. The number of aromatic nitrogens is 2. The van der Waals surface area contributed by atoms with Crippen LogP contribution in [0.5, 0.6) is 0 Å². The Bertz CT molecular complexity index is 797. The summed E-state index contributed by atoms with van der Waals surface area (Å²) in [5, 5.41) is 3.11. The first kappa shape index (κ1) is 18.8. The third-order valence-corrected chi connectivity index (χ3v) is 5.13. The normalized spacial score (nSPS) is 18.4. The van der Waals surface area contributed by atoms with Crippen molar-refractivity contribution in [3.63, 3.8) is 0 Å². The summed E-state index contributed by atoms with van der Waals surface area (Å²) in [7, 11) is 0. The maximum atomic E-state index is 12.9. The van der Waals surface area contributed by atoms with Crippen LogP contribution in [0.1, 0.15) is 28.8 Å². The van der Waals surface area contributed by atoms with Gasteiger partial charge >= 0.3 is 0 Å². The number of hydrogen-bond donors (Lipinski definition) is 1. The van der Waals surface area contributed by atoms with Gasteiger partial charge in [0.15, 0.2) is 5.79 Å². The summed E-state index contributed by atoms with van der Waals surface area (Å²) in [5.41, 5.74) is 1.49. The van der Waals surface area contributed by atoms with E-state index in [0.717, 1.165) is 12.0 Å². The van der Waals surface area contributed by atoms with Crippen molar-refractivity contribution in [2.45, 2.75) is 25.0 Å². The average molecular weight is 386 g/mol. The van der Waals surface area contributed by atoms with Crippen molar-refractivity contribution in [3.8, 4) is 0 Å². The van der Waals surface area contributed by atoms with Crippen molar-refractivity contribution in [2.24, 2.45) is 0 Å². The van der Waals surface area contributed by atoms with Crippen LogP contribution in [0.15, 0.2) is 36.7 Å². The Hall–Kier alpha value is -2.58. The maximum absolute atomic E-state index is 12.9. The lowest BCUT2D eigenvalue weighted by Gasteiger charge is -2.37. The van der Waals surface area contributed by atoms with Crippen molar-refractivity contribution in [2.75, 3.05) is 38.2 Å². The van der Waals surface area contributed by atoms with Crippen LogP contribution in [-0.2, 0) is 15.9 Å². The van der Waals surface area contributed by atoms with E-state index in [0.29, 0.717) is 57.2 Å². The van der Waals surface area contributed by atoms with Crippen molar-refractivity contribution in [1.29, 1.82) is 0 Å². The van der Waals surface area contributed by atoms with Crippen LogP contribution in [0.2, 0.25) is 0 Å². The molecular weight excluding hydrogens is 363 g/mol. The molecule has 2 saturated heterocycles. The predicted molar refractivity (Wildman–Crippen MR) is 100 cm³/mol. The van der Waals surface area contributed by atoms with Crippen LogP contribution in [0.4, 0.5) is 10.3 Å². The van der Waals surface area contributed by atoms with Gasteiger partial charge in [-0.3, -0.25) is 4.79 Å². The zero-order chi connectivity index (χ0) is 19.4. The van der Waals surface area contributed by atoms with Crippen LogP contribution < -0.4 is 5.32 Å². The van der Waals surface area contributed by atoms with E-state index in [2.05, 4.69) is 15.3 Å². The molecule has 0 aliphatic carbocycles. The first-order valence-corrected chi connectivity index (χ1v) is 9.51. The van der Waals surface area contributed by atoms with Gasteiger partial charge in [-0.25, -0.2) is 14.4 Å². The minimum Gasteiger partial charge on any atom is -0.354 e. The van der Waals surface area contributed by atoms with Crippen LogP contribution in [0.25, 0.3) is 0 Å². The fourth-order valence-electron chi connectivity index (χ4n) is 3.52. The summed E-state index contributed by atoms with van der Waals surface area (Å²) < 4.78 is 24.3. The summed E-state index contributed by atoms with van der Waals surface area (Å²) in [5.74, 6) is -0.354. The van der Waals surface area contributed by atoms with Crippen molar-refractivity contribution in [3.05, 3.63) is 53.6 Å². The number of amides is 1. The molecule has 0 unspecified atom stereocenters. The Labute approximate surface area is 162 Å². The van der Waals surface area contributed by atoms with Gasteiger partial charge in [-0.2, -0.15) is 0 Å². The Morgan fingerprint density at radius 2 is 1.75 bits per heavy atom. The number of carbonyl (C=O) groups is 1. The molecule has 2 aliphatic heterocycles. The molecule has 148 valence electrons. The second kappa shape index (κ2) is 8.20. The van der Waals surface area contributed by atoms with Crippen LogP contribution in [0.3, 0.4) is 0 Å². The fourth-order valence-corrected chi connectivity index (χ4v) is 3.52. The van der Waals surface area contributed by atoms with Crippen LogP contribution in [0, 0.1) is 5.82 Å². The predicted octanol–water partition coefficient (Wildman–Crippen LogP) is 2.25. The molecule has 3 heterocycles. The molecule has 2 fully saturated rings. The first-order chi connectivity index (χ1) is 13.6. The minimum absolute atomic E-state index is 0.0780. The topological polar surface area (TPSA) is 76.6 Å².